The van der Waals surface area contributed by atoms with E-state index >= 15 is 0 Å². The first-order valence-corrected chi connectivity index (χ1v) is 9.50. The zero-order valence-electron chi connectivity index (χ0n) is 16.6. The normalized spacial score (nSPS) is 11.3. The Morgan fingerprint density at radius 3 is 2.04 bits per heavy atom. The van der Waals surface area contributed by atoms with E-state index in [1.165, 1.54) is 6.08 Å². The molecular formula is C22H28N2O3. The zero-order valence-corrected chi connectivity index (χ0v) is 16.6. The van der Waals surface area contributed by atoms with Gasteiger partial charge in [-0.05, 0) is 44.5 Å². The molecule has 5 heteroatoms. The SMILES string of the molecule is CCN(CC)C(=O)/C=C(/OC(=O)N(CC)CC)c1ccc2ccccc2c1. The van der Waals surface area contributed by atoms with Crippen LogP contribution in [0.2, 0.25) is 0 Å². The topological polar surface area (TPSA) is 49.9 Å². The van der Waals surface area contributed by atoms with Gasteiger partial charge in [-0.25, -0.2) is 4.79 Å². The van der Waals surface area contributed by atoms with E-state index in [1.807, 2.05) is 70.2 Å². The number of nitrogens with zero attached hydrogens (tertiary/aromatic N) is 2. The number of fused-ring (bicyclic) bond motifs is 1. The lowest BCUT2D eigenvalue weighted by Crippen LogP contribution is -2.32. The average molecular weight is 368 g/mol. The molecule has 0 aliphatic rings. The van der Waals surface area contributed by atoms with Gasteiger partial charge in [0.1, 0.15) is 5.76 Å². The molecule has 2 aromatic rings. The van der Waals surface area contributed by atoms with Gasteiger partial charge in [0.2, 0.25) is 5.91 Å². The number of benzene rings is 2. The van der Waals surface area contributed by atoms with Crippen molar-refractivity contribution in [1.82, 2.24) is 9.80 Å². The molecule has 0 atom stereocenters. The monoisotopic (exact) mass is 368 g/mol. The highest BCUT2D eigenvalue weighted by molar-refractivity contribution is 5.96. The van der Waals surface area contributed by atoms with Crippen LogP contribution in [0.15, 0.2) is 48.5 Å². The fraction of sp³-hybridized carbons (Fsp3) is 0.364. The van der Waals surface area contributed by atoms with Crippen molar-refractivity contribution in [3.63, 3.8) is 0 Å². The van der Waals surface area contributed by atoms with Gasteiger partial charge in [0.05, 0.1) is 0 Å². The second-order valence-corrected chi connectivity index (χ2v) is 6.12. The van der Waals surface area contributed by atoms with Crippen LogP contribution in [0.1, 0.15) is 33.3 Å². The minimum absolute atomic E-state index is 0.171. The second kappa shape index (κ2) is 9.76. The Morgan fingerprint density at radius 2 is 1.44 bits per heavy atom. The largest absolute Gasteiger partial charge is 0.415 e. The molecule has 0 aliphatic carbocycles. The predicted octanol–water partition coefficient (Wildman–Crippen LogP) is 4.53. The smallest absolute Gasteiger partial charge is 0.409 e. The molecule has 0 saturated heterocycles. The summed E-state index contributed by atoms with van der Waals surface area (Å²) in [6, 6.07) is 13.7. The van der Waals surface area contributed by atoms with E-state index in [2.05, 4.69) is 0 Å². The van der Waals surface area contributed by atoms with Crippen LogP contribution < -0.4 is 0 Å². The van der Waals surface area contributed by atoms with Gasteiger partial charge in [0.15, 0.2) is 0 Å². The number of likely N-dealkylation sites (N-methyl/N-ethyl adjacent to an activating group) is 1. The van der Waals surface area contributed by atoms with Gasteiger partial charge in [-0.2, -0.15) is 0 Å². The number of rotatable bonds is 7. The van der Waals surface area contributed by atoms with E-state index < -0.39 is 6.09 Å². The van der Waals surface area contributed by atoms with Gasteiger partial charge in [0.25, 0.3) is 0 Å². The Labute approximate surface area is 161 Å². The molecule has 2 aromatic carbocycles. The molecule has 0 unspecified atom stereocenters. The highest BCUT2D eigenvalue weighted by Crippen LogP contribution is 2.23. The molecule has 0 spiro atoms. The molecule has 5 nitrogen and oxygen atoms in total. The third-order valence-corrected chi connectivity index (χ3v) is 4.58. The highest BCUT2D eigenvalue weighted by atomic mass is 16.6. The summed E-state index contributed by atoms with van der Waals surface area (Å²) < 4.78 is 5.64. The van der Waals surface area contributed by atoms with Crippen molar-refractivity contribution in [3.05, 3.63) is 54.1 Å². The average Bonchev–Trinajstić information content (AvgIpc) is 2.69. The molecule has 0 heterocycles. The van der Waals surface area contributed by atoms with Crippen molar-refractivity contribution >= 4 is 28.5 Å². The molecule has 27 heavy (non-hydrogen) atoms. The maximum Gasteiger partial charge on any atom is 0.415 e. The van der Waals surface area contributed by atoms with E-state index in [9.17, 15) is 9.59 Å². The molecule has 0 aliphatic heterocycles. The summed E-state index contributed by atoms with van der Waals surface area (Å²) in [5.41, 5.74) is 0.703. The van der Waals surface area contributed by atoms with E-state index in [0.717, 1.165) is 10.8 Å². The lowest BCUT2D eigenvalue weighted by molar-refractivity contribution is -0.125. The molecular weight excluding hydrogens is 340 g/mol. The first kappa shape index (κ1) is 20.5. The van der Waals surface area contributed by atoms with Gasteiger partial charge in [0, 0.05) is 37.8 Å². The predicted molar refractivity (Wildman–Crippen MR) is 109 cm³/mol. The quantitative estimate of drug-likeness (QED) is 0.533. The maximum absolute atomic E-state index is 12.6. The van der Waals surface area contributed by atoms with Crippen molar-refractivity contribution < 1.29 is 14.3 Å². The van der Waals surface area contributed by atoms with Gasteiger partial charge in [-0.1, -0.05) is 36.4 Å². The summed E-state index contributed by atoms with van der Waals surface area (Å²) >= 11 is 0. The van der Waals surface area contributed by atoms with Gasteiger partial charge >= 0.3 is 6.09 Å². The molecule has 0 N–H and O–H groups in total. The number of hydrogen-bond acceptors (Lipinski definition) is 3. The molecule has 0 bridgehead atoms. The first-order chi connectivity index (χ1) is 13.0. The summed E-state index contributed by atoms with van der Waals surface area (Å²) in [6.45, 7) is 9.92. The van der Waals surface area contributed by atoms with Crippen LogP contribution in [0.3, 0.4) is 0 Å². The van der Waals surface area contributed by atoms with E-state index in [-0.39, 0.29) is 11.7 Å². The fourth-order valence-corrected chi connectivity index (χ4v) is 2.89. The number of ether oxygens (including phenoxy) is 1. The minimum Gasteiger partial charge on any atom is -0.409 e. The fourth-order valence-electron chi connectivity index (χ4n) is 2.89. The number of carbonyl (C=O) groups is 2. The van der Waals surface area contributed by atoms with Crippen LogP contribution in [0, 0.1) is 0 Å². The van der Waals surface area contributed by atoms with Crippen LogP contribution >= 0.6 is 0 Å². The van der Waals surface area contributed by atoms with Crippen molar-refractivity contribution in [2.75, 3.05) is 26.2 Å². The van der Waals surface area contributed by atoms with Crippen molar-refractivity contribution in [2.45, 2.75) is 27.7 Å². The molecule has 0 fully saturated rings. The summed E-state index contributed by atoms with van der Waals surface area (Å²) in [7, 11) is 0. The third-order valence-electron chi connectivity index (χ3n) is 4.58. The van der Waals surface area contributed by atoms with Gasteiger partial charge < -0.3 is 14.5 Å². The molecule has 0 radical (unpaired) electrons. The first-order valence-electron chi connectivity index (χ1n) is 9.50. The summed E-state index contributed by atoms with van der Waals surface area (Å²) in [5, 5.41) is 2.11. The molecule has 2 rings (SSSR count). The van der Waals surface area contributed by atoms with Gasteiger partial charge in [-0.3, -0.25) is 4.79 Å². The van der Waals surface area contributed by atoms with Crippen molar-refractivity contribution in [1.29, 1.82) is 0 Å². The van der Waals surface area contributed by atoms with Crippen LogP contribution in [0.5, 0.6) is 0 Å². The minimum atomic E-state index is -0.452. The number of hydrogen-bond donors (Lipinski definition) is 0. The lowest BCUT2D eigenvalue weighted by atomic mass is 10.1. The molecule has 144 valence electrons. The maximum atomic E-state index is 12.6. The Morgan fingerprint density at radius 1 is 0.852 bits per heavy atom. The Kier molecular flexibility index (Phi) is 7.41. The van der Waals surface area contributed by atoms with E-state index in [0.29, 0.717) is 31.7 Å². The highest BCUT2D eigenvalue weighted by Gasteiger charge is 2.18. The summed E-state index contributed by atoms with van der Waals surface area (Å²) in [5.74, 6) is 0.102. The van der Waals surface area contributed by atoms with Gasteiger partial charge in [-0.15, -0.1) is 0 Å². The lowest BCUT2D eigenvalue weighted by Gasteiger charge is -2.21. The Hall–Kier alpha value is -2.82. The van der Waals surface area contributed by atoms with E-state index in [4.69, 9.17) is 4.74 Å². The molecule has 0 aromatic heterocycles. The Balaban J connectivity index is 2.43. The Bertz CT molecular complexity index is 821. The summed E-state index contributed by atoms with van der Waals surface area (Å²) in [6.07, 6.45) is 0.963. The molecule has 2 amide bonds. The number of carbonyl (C=O) groups excluding carboxylic acids is 2. The van der Waals surface area contributed by atoms with Crippen molar-refractivity contribution in [3.8, 4) is 0 Å². The standard InChI is InChI=1S/C22H28N2O3/c1-5-23(6-2)21(25)16-20(27-22(26)24(7-3)8-4)19-14-13-17-11-9-10-12-18(17)15-19/h9-16H,5-8H2,1-4H3/b20-16+. The van der Waals surface area contributed by atoms with Crippen LogP contribution in [0.4, 0.5) is 4.79 Å². The number of amides is 2. The zero-order chi connectivity index (χ0) is 19.8. The van der Waals surface area contributed by atoms with Crippen LogP contribution in [-0.2, 0) is 9.53 Å². The van der Waals surface area contributed by atoms with Crippen LogP contribution in [0.25, 0.3) is 16.5 Å². The summed E-state index contributed by atoms with van der Waals surface area (Å²) in [4.78, 5) is 28.3. The second-order valence-electron chi connectivity index (χ2n) is 6.12. The van der Waals surface area contributed by atoms with Crippen molar-refractivity contribution in [2.24, 2.45) is 0 Å². The van der Waals surface area contributed by atoms with Crippen LogP contribution in [-0.4, -0.2) is 48.0 Å². The third kappa shape index (κ3) is 5.09. The molecule has 0 saturated carbocycles. The van der Waals surface area contributed by atoms with E-state index in [1.54, 1.807) is 9.80 Å².